The van der Waals surface area contributed by atoms with E-state index in [1.54, 1.807) is 42.3 Å². The molecule has 7 nitrogen and oxygen atoms in total. The molecule has 0 N–H and O–H groups in total. The third-order valence-corrected chi connectivity index (χ3v) is 7.80. The van der Waals surface area contributed by atoms with Gasteiger partial charge in [-0.25, -0.2) is 8.42 Å². The van der Waals surface area contributed by atoms with Crippen LogP contribution in [0.15, 0.2) is 53.4 Å². The largest absolute Gasteiger partial charge is 0.490 e. The number of amides is 1. The first-order valence-electron chi connectivity index (χ1n) is 11.0. The molecule has 1 aliphatic rings. The van der Waals surface area contributed by atoms with Crippen molar-refractivity contribution in [2.24, 2.45) is 0 Å². The molecule has 32 heavy (non-hydrogen) atoms. The van der Waals surface area contributed by atoms with Gasteiger partial charge in [-0.05, 0) is 42.2 Å². The predicted octanol–water partition coefficient (Wildman–Crippen LogP) is 3.37. The van der Waals surface area contributed by atoms with Crippen molar-refractivity contribution in [3.05, 3.63) is 59.7 Å². The number of benzene rings is 2. The van der Waals surface area contributed by atoms with Crippen molar-refractivity contribution in [2.45, 2.75) is 31.1 Å². The standard InChI is InChI=1S/C24H32N2O5S/c1-4-19(2)20-9-11-21(12-10-20)32(28,29)26-15-13-25(14-16-26)24(27)22-7-5-6-8-23(22)31-18-17-30-3/h5-12,19H,4,13-18H2,1-3H3. The summed E-state index contributed by atoms with van der Waals surface area (Å²) < 4.78 is 38.3. The fraction of sp³-hybridized carbons (Fsp3) is 0.458. The maximum absolute atomic E-state index is 13.1. The summed E-state index contributed by atoms with van der Waals surface area (Å²) in [5.74, 6) is 0.738. The van der Waals surface area contributed by atoms with Crippen molar-refractivity contribution in [3.63, 3.8) is 0 Å². The summed E-state index contributed by atoms with van der Waals surface area (Å²) in [6.45, 7) is 6.19. The van der Waals surface area contributed by atoms with Gasteiger partial charge >= 0.3 is 0 Å². The Bertz CT molecular complexity index is 999. The summed E-state index contributed by atoms with van der Waals surface area (Å²) in [5.41, 5.74) is 1.61. The number of carbonyl (C=O) groups excluding carboxylic acids is 1. The molecule has 1 aliphatic heterocycles. The van der Waals surface area contributed by atoms with Crippen LogP contribution in [0, 0.1) is 0 Å². The average molecular weight is 461 g/mol. The monoisotopic (exact) mass is 460 g/mol. The zero-order valence-corrected chi connectivity index (χ0v) is 19.8. The molecule has 1 saturated heterocycles. The van der Waals surface area contributed by atoms with Crippen LogP contribution in [-0.2, 0) is 14.8 Å². The maximum atomic E-state index is 13.1. The van der Waals surface area contributed by atoms with Gasteiger partial charge in [-0.15, -0.1) is 0 Å². The lowest BCUT2D eigenvalue weighted by atomic mass is 9.99. The molecule has 0 bridgehead atoms. The van der Waals surface area contributed by atoms with Crippen LogP contribution in [0.2, 0.25) is 0 Å². The highest BCUT2D eigenvalue weighted by atomic mass is 32.2. The summed E-state index contributed by atoms with van der Waals surface area (Å²) in [6, 6.07) is 14.2. The van der Waals surface area contributed by atoms with E-state index in [-0.39, 0.29) is 19.0 Å². The number of para-hydroxylation sites is 1. The first-order valence-corrected chi connectivity index (χ1v) is 12.4. The Morgan fingerprint density at radius 1 is 1.00 bits per heavy atom. The van der Waals surface area contributed by atoms with E-state index >= 15 is 0 Å². The van der Waals surface area contributed by atoms with Crippen LogP contribution in [0.1, 0.15) is 42.1 Å². The molecule has 1 fully saturated rings. The van der Waals surface area contributed by atoms with Gasteiger partial charge in [-0.2, -0.15) is 4.31 Å². The Hall–Kier alpha value is -2.42. The molecule has 2 aromatic rings. The molecule has 0 radical (unpaired) electrons. The van der Waals surface area contributed by atoms with E-state index in [9.17, 15) is 13.2 Å². The minimum absolute atomic E-state index is 0.159. The SMILES string of the molecule is CCC(C)c1ccc(S(=O)(=O)N2CCN(C(=O)c3ccccc3OCCOC)CC2)cc1. The van der Waals surface area contributed by atoms with E-state index in [0.29, 0.717) is 48.4 Å². The third-order valence-electron chi connectivity index (χ3n) is 5.89. The number of sulfonamides is 1. The molecule has 1 atom stereocenters. The van der Waals surface area contributed by atoms with Gasteiger partial charge < -0.3 is 14.4 Å². The number of nitrogens with zero attached hydrogens (tertiary/aromatic N) is 2. The molecule has 8 heteroatoms. The van der Waals surface area contributed by atoms with Gasteiger partial charge in [0, 0.05) is 33.3 Å². The second kappa shape index (κ2) is 10.9. The van der Waals surface area contributed by atoms with Gasteiger partial charge in [-0.1, -0.05) is 38.1 Å². The Balaban J connectivity index is 1.65. The minimum atomic E-state index is -3.59. The Morgan fingerprint density at radius 3 is 2.28 bits per heavy atom. The van der Waals surface area contributed by atoms with Crippen molar-refractivity contribution in [1.29, 1.82) is 0 Å². The van der Waals surface area contributed by atoms with Crippen LogP contribution in [0.4, 0.5) is 0 Å². The van der Waals surface area contributed by atoms with Crippen LogP contribution >= 0.6 is 0 Å². The molecule has 0 spiro atoms. The molecule has 174 valence electrons. The van der Waals surface area contributed by atoms with Gasteiger partial charge in [0.2, 0.25) is 10.0 Å². The number of hydrogen-bond donors (Lipinski definition) is 0. The van der Waals surface area contributed by atoms with Crippen molar-refractivity contribution < 1.29 is 22.7 Å². The Kier molecular flexibility index (Phi) is 8.28. The van der Waals surface area contributed by atoms with Crippen LogP contribution in [0.5, 0.6) is 5.75 Å². The zero-order chi connectivity index (χ0) is 23.1. The first kappa shape index (κ1) is 24.2. The number of hydrogen-bond acceptors (Lipinski definition) is 5. The molecule has 1 unspecified atom stereocenters. The van der Waals surface area contributed by atoms with E-state index in [1.165, 1.54) is 4.31 Å². The number of methoxy groups -OCH3 is 1. The summed E-state index contributed by atoms with van der Waals surface area (Å²) >= 11 is 0. The fourth-order valence-electron chi connectivity index (χ4n) is 3.66. The van der Waals surface area contributed by atoms with Gasteiger partial charge in [0.1, 0.15) is 12.4 Å². The van der Waals surface area contributed by atoms with Crippen LogP contribution < -0.4 is 4.74 Å². The molecule has 0 aliphatic carbocycles. The van der Waals surface area contributed by atoms with Crippen LogP contribution in [0.3, 0.4) is 0 Å². The smallest absolute Gasteiger partial charge is 0.257 e. The average Bonchev–Trinajstić information content (AvgIpc) is 2.83. The molecule has 0 saturated carbocycles. The Morgan fingerprint density at radius 2 is 1.66 bits per heavy atom. The quantitative estimate of drug-likeness (QED) is 0.537. The molecular weight excluding hydrogens is 428 g/mol. The van der Waals surface area contributed by atoms with Crippen molar-refractivity contribution >= 4 is 15.9 Å². The van der Waals surface area contributed by atoms with Crippen molar-refractivity contribution in [1.82, 2.24) is 9.21 Å². The summed E-state index contributed by atoms with van der Waals surface area (Å²) in [6.07, 6.45) is 1.00. The van der Waals surface area contributed by atoms with E-state index in [0.717, 1.165) is 12.0 Å². The highest BCUT2D eigenvalue weighted by molar-refractivity contribution is 7.89. The van der Waals surface area contributed by atoms with E-state index in [4.69, 9.17) is 9.47 Å². The molecule has 1 heterocycles. The van der Waals surface area contributed by atoms with E-state index in [2.05, 4.69) is 13.8 Å². The minimum Gasteiger partial charge on any atom is -0.490 e. The molecule has 2 aromatic carbocycles. The Labute approximate surface area is 191 Å². The van der Waals surface area contributed by atoms with Crippen LogP contribution in [0.25, 0.3) is 0 Å². The lowest BCUT2D eigenvalue weighted by molar-refractivity contribution is 0.0691. The third kappa shape index (κ3) is 5.49. The van der Waals surface area contributed by atoms with Crippen molar-refractivity contribution in [3.8, 4) is 5.75 Å². The number of carbonyl (C=O) groups is 1. The summed E-state index contributed by atoms with van der Waals surface area (Å²) in [7, 11) is -2.00. The van der Waals surface area contributed by atoms with Gasteiger partial charge in [0.15, 0.2) is 0 Å². The zero-order valence-electron chi connectivity index (χ0n) is 19.0. The van der Waals surface area contributed by atoms with Gasteiger partial charge in [-0.3, -0.25) is 4.79 Å². The van der Waals surface area contributed by atoms with E-state index in [1.807, 2.05) is 18.2 Å². The van der Waals surface area contributed by atoms with E-state index < -0.39 is 10.0 Å². The van der Waals surface area contributed by atoms with Crippen LogP contribution in [-0.4, -0.2) is 70.0 Å². The second-order valence-corrected chi connectivity index (χ2v) is 9.85. The topological polar surface area (TPSA) is 76.2 Å². The predicted molar refractivity (Wildman–Crippen MR) is 124 cm³/mol. The fourth-order valence-corrected chi connectivity index (χ4v) is 5.08. The highest BCUT2D eigenvalue weighted by Gasteiger charge is 2.31. The molecule has 1 amide bonds. The normalized spacial score (nSPS) is 16.0. The van der Waals surface area contributed by atoms with Gasteiger partial charge in [0.05, 0.1) is 17.1 Å². The second-order valence-electron chi connectivity index (χ2n) is 7.91. The summed E-state index contributed by atoms with van der Waals surface area (Å²) in [4.78, 5) is 15.0. The number of ether oxygens (including phenoxy) is 2. The first-order chi connectivity index (χ1) is 15.4. The number of rotatable bonds is 9. The van der Waals surface area contributed by atoms with Gasteiger partial charge in [0.25, 0.3) is 5.91 Å². The van der Waals surface area contributed by atoms with Crippen molar-refractivity contribution in [2.75, 3.05) is 46.5 Å². The molecular formula is C24H32N2O5S. The maximum Gasteiger partial charge on any atom is 0.257 e. The lowest BCUT2D eigenvalue weighted by Gasteiger charge is -2.34. The summed E-state index contributed by atoms with van der Waals surface area (Å²) in [5, 5.41) is 0. The lowest BCUT2D eigenvalue weighted by Crippen LogP contribution is -2.50. The molecule has 3 rings (SSSR count). The highest BCUT2D eigenvalue weighted by Crippen LogP contribution is 2.24. The molecule has 0 aromatic heterocycles. The number of piperazine rings is 1.